The minimum Gasteiger partial charge on any atom is -0.239 e. The molecular weight excluding hydrogens is 416 g/mol. The number of nitrogens with zero attached hydrogens (tertiary/aromatic N) is 2. The molecule has 4 rings (SSSR count). The monoisotopic (exact) mass is 431 g/mol. The molecule has 1 N–H and O–H groups in total. The van der Waals surface area contributed by atoms with Gasteiger partial charge in [0.1, 0.15) is 22.2 Å². The van der Waals surface area contributed by atoms with Crippen LogP contribution in [-0.2, 0) is 16.6 Å². The predicted octanol–water partition coefficient (Wildman–Crippen LogP) is 4.36. The zero-order valence-electron chi connectivity index (χ0n) is 14.9. The summed E-state index contributed by atoms with van der Waals surface area (Å²) in [5, 5.41) is 6.25. The van der Waals surface area contributed by atoms with Crippen LogP contribution < -0.4 is 4.72 Å². The van der Waals surface area contributed by atoms with E-state index in [2.05, 4.69) is 9.82 Å². The van der Waals surface area contributed by atoms with Gasteiger partial charge in [0.25, 0.3) is 0 Å². The molecule has 4 aromatic rings. The van der Waals surface area contributed by atoms with Crippen molar-refractivity contribution < 1.29 is 17.2 Å². The first kappa shape index (κ1) is 19.4. The van der Waals surface area contributed by atoms with Crippen molar-refractivity contribution in [1.82, 2.24) is 14.5 Å². The fourth-order valence-electron chi connectivity index (χ4n) is 2.80. The normalized spacial score (nSPS) is 11.7. The van der Waals surface area contributed by atoms with Crippen molar-refractivity contribution in [3.8, 4) is 16.3 Å². The van der Waals surface area contributed by atoms with Crippen LogP contribution in [0.2, 0.25) is 0 Å². The first-order valence-corrected chi connectivity index (χ1v) is 10.9. The Labute approximate surface area is 170 Å². The number of thiophene rings is 1. The lowest BCUT2D eigenvalue weighted by Crippen LogP contribution is -2.24. The van der Waals surface area contributed by atoms with E-state index in [-0.39, 0.29) is 16.2 Å². The molecule has 2 aromatic heterocycles. The van der Waals surface area contributed by atoms with Crippen LogP contribution in [0.15, 0.2) is 77.1 Å². The van der Waals surface area contributed by atoms with Crippen LogP contribution in [0, 0.1) is 11.6 Å². The van der Waals surface area contributed by atoms with Crippen LogP contribution in [-0.4, -0.2) is 18.2 Å². The number of sulfonamides is 1. The van der Waals surface area contributed by atoms with Crippen molar-refractivity contribution >= 4 is 21.4 Å². The zero-order valence-corrected chi connectivity index (χ0v) is 16.6. The van der Waals surface area contributed by atoms with Gasteiger partial charge in [-0.05, 0) is 35.7 Å². The smallest absolute Gasteiger partial charge is 0.239 e. The zero-order chi connectivity index (χ0) is 20.4. The molecule has 2 heterocycles. The summed E-state index contributed by atoms with van der Waals surface area (Å²) in [6.45, 7) is -0.513. The van der Waals surface area contributed by atoms with E-state index in [9.17, 15) is 17.2 Å². The summed E-state index contributed by atoms with van der Waals surface area (Å²) in [4.78, 5) is 0.595. The maximum Gasteiger partial charge on any atom is 0.244 e. The molecule has 5 nitrogen and oxygen atoms in total. The van der Waals surface area contributed by atoms with E-state index < -0.39 is 28.2 Å². The van der Waals surface area contributed by atoms with Crippen molar-refractivity contribution in [1.29, 1.82) is 0 Å². The number of para-hydroxylation sites is 1. The van der Waals surface area contributed by atoms with Crippen LogP contribution >= 0.6 is 11.3 Å². The minimum atomic E-state index is -4.10. The van der Waals surface area contributed by atoms with Crippen LogP contribution in [0.4, 0.5) is 8.78 Å². The van der Waals surface area contributed by atoms with E-state index in [1.54, 1.807) is 24.3 Å². The van der Waals surface area contributed by atoms with Gasteiger partial charge < -0.3 is 0 Å². The molecule has 0 bridgehead atoms. The van der Waals surface area contributed by atoms with Gasteiger partial charge in [-0.25, -0.2) is 26.6 Å². The van der Waals surface area contributed by atoms with E-state index in [0.29, 0.717) is 10.6 Å². The lowest BCUT2D eigenvalue weighted by atomic mass is 10.2. The largest absolute Gasteiger partial charge is 0.244 e. The maximum absolute atomic E-state index is 13.9. The van der Waals surface area contributed by atoms with Crippen LogP contribution in [0.25, 0.3) is 16.3 Å². The SMILES string of the molecule is O=S(=O)(NCc1c(F)cccc1F)c1cn(-c2ccccc2)nc1-c1cccs1. The first-order valence-electron chi connectivity index (χ1n) is 8.57. The standard InChI is InChI=1S/C20H15F2N3O2S2/c21-16-8-4-9-17(22)15(16)12-23-29(26,27)19-13-25(14-6-2-1-3-7-14)24-20(19)18-10-5-11-28-18/h1-11,13,23H,12H2. The first-order chi connectivity index (χ1) is 14.0. The molecule has 0 unspecified atom stereocenters. The van der Waals surface area contributed by atoms with Gasteiger partial charge in [-0.2, -0.15) is 5.10 Å². The van der Waals surface area contributed by atoms with E-state index in [1.165, 1.54) is 28.3 Å². The number of nitrogens with one attached hydrogen (secondary N) is 1. The quantitative estimate of drug-likeness (QED) is 0.493. The number of hydrogen-bond acceptors (Lipinski definition) is 4. The Bertz CT molecular complexity index is 1220. The van der Waals surface area contributed by atoms with Crippen molar-refractivity contribution in [3.63, 3.8) is 0 Å². The molecule has 2 aromatic carbocycles. The number of benzene rings is 2. The topological polar surface area (TPSA) is 64.0 Å². The third-order valence-electron chi connectivity index (χ3n) is 4.25. The third-order valence-corrected chi connectivity index (χ3v) is 6.52. The van der Waals surface area contributed by atoms with Crippen molar-refractivity contribution in [3.05, 3.63) is 89.4 Å². The van der Waals surface area contributed by atoms with Gasteiger partial charge in [0.2, 0.25) is 10.0 Å². The van der Waals surface area contributed by atoms with Gasteiger partial charge in [0.05, 0.1) is 16.8 Å². The van der Waals surface area contributed by atoms with Crippen molar-refractivity contribution in [2.75, 3.05) is 0 Å². The highest BCUT2D eigenvalue weighted by molar-refractivity contribution is 7.89. The summed E-state index contributed by atoms with van der Waals surface area (Å²) < 4.78 is 57.5. The van der Waals surface area contributed by atoms with Crippen LogP contribution in [0.5, 0.6) is 0 Å². The van der Waals surface area contributed by atoms with Crippen LogP contribution in [0.1, 0.15) is 5.56 Å². The van der Waals surface area contributed by atoms with E-state index >= 15 is 0 Å². The molecule has 0 atom stereocenters. The Kier molecular flexibility index (Phi) is 5.27. The van der Waals surface area contributed by atoms with Gasteiger partial charge in [-0.15, -0.1) is 11.3 Å². The predicted molar refractivity (Wildman–Crippen MR) is 107 cm³/mol. The molecule has 9 heteroatoms. The summed E-state index contributed by atoms with van der Waals surface area (Å²) in [7, 11) is -4.10. The Morgan fingerprint density at radius 2 is 1.69 bits per heavy atom. The van der Waals surface area contributed by atoms with Crippen LogP contribution in [0.3, 0.4) is 0 Å². The highest BCUT2D eigenvalue weighted by atomic mass is 32.2. The number of rotatable bonds is 6. The highest BCUT2D eigenvalue weighted by Crippen LogP contribution is 2.30. The Morgan fingerprint density at radius 1 is 0.966 bits per heavy atom. The van der Waals surface area contributed by atoms with Gasteiger partial charge in [-0.3, -0.25) is 0 Å². The Morgan fingerprint density at radius 3 is 2.34 bits per heavy atom. The van der Waals surface area contributed by atoms with Gasteiger partial charge >= 0.3 is 0 Å². The molecule has 0 aliphatic carbocycles. The molecule has 0 aliphatic rings. The molecule has 148 valence electrons. The second-order valence-electron chi connectivity index (χ2n) is 6.12. The average molecular weight is 431 g/mol. The summed E-state index contributed by atoms with van der Waals surface area (Å²) in [6.07, 6.45) is 1.39. The average Bonchev–Trinajstić information content (AvgIpc) is 3.38. The summed E-state index contributed by atoms with van der Waals surface area (Å²) >= 11 is 1.35. The van der Waals surface area contributed by atoms with Gasteiger partial charge in [-0.1, -0.05) is 30.3 Å². The second-order valence-corrected chi connectivity index (χ2v) is 8.81. The summed E-state index contributed by atoms with van der Waals surface area (Å²) in [5.41, 5.74) is 0.612. The summed E-state index contributed by atoms with van der Waals surface area (Å²) in [5.74, 6) is -1.63. The highest BCUT2D eigenvalue weighted by Gasteiger charge is 2.25. The molecule has 0 radical (unpaired) electrons. The fourth-order valence-corrected chi connectivity index (χ4v) is 4.72. The second kappa shape index (κ2) is 7.86. The molecule has 0 aliphatic heterocycles. The molecule has 0 fully saturated rings. The molecule has 0 saturated carbocycles. The Hall–Kier alpha value is -2.88. The maximum atomic E-state index is 13.9. The van der Waals surface area contributed by atoms with E-state index in [1.807, 2.05) is 23.6 Å². The number of aromatic nitrogens is 2. The number of hydrogen-bond donors (Lipinski definition) is 1. The van der Waals surface area contributed by atoms with E-state index in [0.717, 1.165) is 12.1 Å². The third kappa shape index (κ3) is 3.98. The lowest BCUT2D eigenvalue weighted by Gasteiger charge is -2.08. The van der Waals surface area contributed by atoms with Crippen molar-refractivity contribution in [2.45, 2.75) is 11.4 Å². The molecular formula is C20H15F2N3O2S2. The fraction of sp³-hybridized carbons (Fsp3) is 0.0500. The lowest BCUT2D eigenvalue weighted by molar-refractivity contribution is 0.544. The number of halogens is 2. The van der Waals surface area contributed by atoms with E-state index in [4.69, 9.17) is 0 Å². The van der Waals surface area contributed by atoms with Gasteiger partial charge in [0, 0.05) is 12.1 Å². The van der Waals surface area contributed by atoms with Crippen molar-refractivity contribution in [2.24, 2.45) is 0 Å². The molecule has 0 amide bonds. The minimum absolute atomic E-state index is 0.0689. The molecule has 0 saturated heterocycles. The summed E-state index contributed by atoms with van der Waals surface area (Å²) in [6, 6.07) is 16.0. The van der Waals surface area contributed by atoms with Gasteiger partial charge in [0.15, 0.2) is 0 Å². The Balaban J connectivity index is 1.73. The molecule has 0 spiro atoms. The molecule has 29 heavy (non-hydrogen) atoms.